The van der Waals surface area contributed by atoms with Gasteiger partial charge in [-0.05, 0) is 43.0 Å². The molecule has 0 unspecified atom stereocenters. The summed E-state index contributed by atoms with van der Waals surface area (Å²) in [7, 11) is 0. The molecule has 0 aromatic carbocycles. The molecule has 27 heavy (non-hydrogen) atoms. The second kappa shape index (κ2) is 7.05. The number of amides is 4. The lowest BCUT2D eigenvalue weighted by Crippen LogP contribution is -2.49. The van der Waals surface area contributed by atoms with Gasteiger partial charge in [-0.1, -0.05) is 13.0 Å². The molecule has 9 heteroatoms. The average molecular weight is 405 g/mol. The molecule has 0 bridgehead atoms. The molecule has 1 aliphatic carbocycles. The number of rotatable bonds is 4. The Labute approximate surface area is 164 Å². The highest BCUT2D eigenvalue weighted by atomic mass is 32.1. The Morgan fingerprint density at radius 1 is 1.37 bits per heavy atom. The van der Waals surface area contributed by atoms with Crippen LogP contribution in [-0.4, -0.2) is 39.8 Å². The summed E-state index contributed by atoms with van der Waals surface area (Å²) in [6, 6.07) is 3.42. The van der Waals surface area contributed by atoms with Gasteiger partial charge >= 0.3 is 6.03 Å². The number of thiophene rings is 1. The Hall–Kier alpha value is -2.26. The van der Waals surface area contributed by atoms with Crippen molar-refractivity contribution >= 4 is 45.7 Å². The largest absolute Gasteiger partial charge is 0.325 e. The fraction of sp³-hybridized carbons (Fsp3) is 0.444. The lowest BCUT2D eigenvalue weighted by molar-refractivity contribution is -0.135. The maximum absolute atomic E-state index is 12.8. The Kier molecular flexibility index (Phi) is 4.73. The number of hydrogen-bond donors (Lipinski definition) is 2. The minimum absolute atomic E-state index is 0.284. The smallest absolute Gasteiger partial charge is 0.323 e. The van der Waals surface area contributed by atoms with Crippen molar-refractivity contribution in [2.45, 2.75) is 38.1 Å². The first-order chi connectivity index (χ1) is 13.0. The van der Waals surface area contributed by atoms with E-state index in [2.05, 4.69) is 22.5 Å². The van der Waals surface area contributed by atoms with Crippen LogP contribution < -0.4 is 10.6 Å². The zero-order valence-corrected chi connectivity index (χ0v) is 16.5. The van der Waals surface area contributed by atoms with E-state index in [0.29, 0.717) is 23.9 Å². The van der Waals surface area contributed by atoms with Gasteiger partial charge in [-0.25, -0.2) is 9.78 Å². The number of carbonyl (C=O) groups is 3. The zero-order chi connectivity index (χ0) is 19.0. The Morgan fingerprint density at radius 3 is 2.85 bits per heavy atom. The summed E-state index contributed by atoms with van der Waals surface area (Å²) in [5, 5.41) is 9.81. The summed E-state index contributed by atoms with van der Waals surface area (Å²) in [5.74, 6) is -0.153. The predicted molar refractivity (Wildman–Crippen MR) is 105 cm³/mol. The lowest BCUT2D eigenvalue weighted by Gasteiger charge is -2.33. The van der Waals surface area contributed by atoms with E-state index in [9.17, 15) is 14.4 Å². The summed E-state index contributed by atoms with van der Waals surface area (Å²) in [6.45, 7) is 1.85. The molecule has 7 nitrogen and oxygen atoms in total. The first kappa shape index (κ1) is 18.1. The molecule has 3 heterocycles. The van der Waals surface area contributed by atoms with Crippen LogP contribution in [0.15, 0.2) is 22.9 Å². The van der Waals surface area contributed by atoms with Gasteiger partial charge in [0.15, 0.2) is 5.13 Å². The van der Waals surface area contributed by atoms with Crippen LogP contribution in [-0.2, 0) is 9.59 Å². The van der Waals surface area contributed by atoms with Crippen LogP contribution >= 0.6 is 22.7 Å². The normalized spacial score (nSPS) is 25.1. The summed E-state index contributed by atoms with van der Waals surface area (Å²) >= 11 is 2.89. The molecule has 0 atom stereocenters. The van der Waals surface area contributed by atoms with Crippen molar-refractivity contribution in [3.63, 3.8) is 0 Å². The fourth-order valence-electron chi connectivity index (χ4n) is 3.58. The number of imide groups is 1. The maximum Gasteiger partial charge on any atom is 0.325 e. The number of nitrogens with one attached hydrogen (secondary N) is 2. The number of anilines is 1. The van der Waals surface area contributed by atoms with Gasteiger partial charge in [0, 0.05) is 5.38 Å². The van der Waals surface area contributed by atoms with E-state index in [0.717, 1.165) is 28.3 Å². The van der Waals surface area contributed by atoms with E-state index in [-0.39, 0.29) is 12.5 Å². The lowest BCUT2D eigenvalue weighted by atomic mass is 9.77. The van der Waals surface area contributed by atoms with Crippen LogP contribution in [0.25, 0.3) is 10.6 Å². The average Bonchev–Trinajstić information content (AvgIpc) is 3.36. The third-order valence-corrected chi connectivity index (χ3v) is 6.85. The van der Waals surface area contributed by atoms with Crippen LogP contribution in [0.3, 0.4) is 0 Å². The molecule has 1 saturated heterocycles. The Balaban J connectivity index is 1.39. The van der Waals surface area contributed by atoms with Gasteiger partial charge < -0.3 is 10.6 Å². The van der Waals surface area contributed by atoms with Crippen molar-refractivity contribution in [3.8, 4) is 10.6 Å². The van der Waals surface area contributed by atoms with Crippen molar-refractivity contribution in [2.24, 2.45) is 5.92 Å². The van der Waals surface area contributed by atoms with E-state index in [1.54, 1.807) is 11.3 Å². The molecule has 1 spiro atoms. The molecular formula is C18H20N4O3S2. The van der Waals surface area contributed by atoms with Gasteiger partial charge in [-0.3, -0.25) is 14.5 Å². The second-order valence-corrected chi connectivity index (χ2v) is 8.96. The molecule has 1 saturated carbocycles. The SMILES string of the molecule is CC1CCC2(CC1)NC(=O)N(CC(=O)Nc1nc(-c3cccs3)cs1)C2=O. The molecular weight excluding hydrogens is 384 g/mol. The first-order valence-corrected chi connectivity index (χ1v) is 10.7. The van der Waals surface area contributed by atoms with Crippen molar-refractivity contribution in [1.29, 1.82) is 0 Å². The molecule has 0 radical (unpaired) electrons. The number of urea groups is 1. The highest BCUT2D eigenvalue weighted by molar-refractivity contribution is 7.16. The number of aromatic nitrogens is 1. The van der Waals surface area contributed by atoms with Crippen molar-refractivity contribution in [2.75, 3.05) is 11.9 Å². The molecule has 2 aromatic rings. The second-order valence-electron chi connectivity index (χ2n) is 7.15. The third-order valence-electron chi connectivity index (χ3n) is 5.20. The number of thiazole rings is 1. The molecule has 2 aromatic heterocycles. The number of hydrogen-bond acceptors (Lipinski definition) is 6. The molecule has 4 amide bonds. The summed E-state index contributed by atoms with van der Waals surface area (Å²) in [6.07, 6.45) is 3.06. The fourth-order valence-corrected chi connectivity index (χ4v) is 5.07. The minimum atomic E-state index is -0.822. The van der Waals surface area contributed by atoms with Crippen LogP contribution in [0.1, 0.15) is 32.6 Å². The molecule has 142 valence electrons. The van der Waals surface area contributed by atoms with Crippen LogP contribution in [0.4, 0.5) is 9.93 Å². The predicted octanol–water partition coefficient (Wildman–Crippen LogP) is 3.31. The van der Waals surface area contributed by atoms with Gasteiger partial charge in [0.25, 0.3) is 5.91 Å². The van der Waals surface area contributed by atoms with Gasteiger partial charge in [-0.15, -0.1) is 22.7 Å². The standard InChI is InChI=1S/C18H20N4O3S2/c1-11-4-6-18(7-5-11)15(24)22(17(25)21-18)9-14(23)20-16-19-12(10-27-16)13-3-2-8-26-13/h2-3,8,10-11H,4-7,9H2,1H3,(H,21,25)(H,19,20,23). The molecule has 2 fully saturated rings. The highest BCUT2D eigenvalue weighted by Crippen LogP contribution is 2.36. The van der Waals surface area contributed by atoms with Crippen molar-refractivity contribution < 1.29 is 14.4 Å². The molecule has 2 N–H and O–H groups in total. The molecule has 2 aliphatic rings. The van der Waals surface area contributed by atoms with E-state index in [4.69, 9.17) is 0 Å². The van der Waals surface area contributed by atoms with Crippen LogP contribution in [0.5, 0.6) is 0 Å². The number of nitrogens with zero attached hydrogens (tertiary/aromatic N) is 2. The molecule has 1 aliphatic heterocycles. The van der Waals surface area contributed by atoms with Gasteiger partial charge in [0.05, 0.1) is 10.6 Å². The van der Waals surface area contributed by atoms with Gasteiger partial charge in [-0.2, -0.15) is 0 Å². The Morgan fingerprint density at radius 2 is 2.15 bits per heavy atom. The van der Waals surface area contributed by atoms with E-state index >= 15 is 0 Å². The topological polar surface area (TPSA) is 91.4 Å². The molecule has 4 rings (SSSR count). The minimum Gasteiger partial charge on any atom is -0.323 e. The Bertz CT molecular complexity index is 869. The highest BCUT2D eigenvalue weighted by Gasteiger charge is 2.52. The van der Waals surface area contributed by atoms with E-state index in [1.165, 1.54) is 11.3 Å². The monoisotopic (exact) mass is 404 g/mol. The zero-order valence-electron chi connectivity index (χ0n) is 14.9. The van der Waals surface area contributed by atoms with Gasteiger partial charge in [0.1, 0.15) is 12.1 Å². The summed E-state index contributed by atoms with van der Waals surface area (Å²) < 4.78 is 0. The van der Waals surface area contributed by atoms with E-state index < -0.39 is 17.5 Å². The quantitative estimate of drug-likeness (QED) is 0.765. The van der Waals surface area contributed by atoms with E-state index in [1.807, 2.05) is 22.9 Å². The summed E-state index contributed by atoms with van der Waals surface area (Å²) in [5.41, 5.74) is -0.0206. The first-order valence-electron chi connectivity index (χ1n) is 8.90. The van der Waals surface area contributed by atoms with Crippen LogP contribution in [0.2, 0.25) is 0 Å². The maximum atomic E-state index is 12.8. The van der Waals surface area contributed by atoms with Crippen molar-refractivity contribution in [1.82, 2.24) is 15.2 Å². The van der Waals surface area contributed by atoms with Crippen LogP contribution in [0, 0.1) is 5.92 Å². The van der Waals surface area contributed by atoms with Gasteiger partial charge in [0.2, 0.25) is 5.91 Å². The third kappa shape index (κ3) is 3.49. The van der Waals surface area contributed by atoms with Crippen molar-refractivity contribution in [3.05, 3.63) is 22.9 Å². The number of carbonyl (C=O) groups excluding carboxylic acids is 3. The summed E-state index contributed by atoms with van der Waals surface area (Å²) in [4.78, 5) is 43.9.